The number of nitrogens with zero attached hydrogens (tertiary/aromatic N) is 2. The number of rotatable bonds is 12. The van der Waals surface area contributed by atoms with Gasteiger partial charge < -0.3 is 10.3 Å². The fourth-order valence-electron chi connectivity index (χ4n) is 2.63. The van der Waals surface area contributed by atoms with E-state index < -0.39 is 0 Å². The van der Waals surface area contributed by atoms with Crippen molar-refractivity contribution in [1.82, 2.24) is 9.55 Å². The fourth-order valence-corrected chi connectivity index (χ4v) is 2.63. The lowest BCUT2D eigenvalue weighted by atomic mass is 10.1. The van der Waals surface area contributed by atoms with Gasteiger partial charge in [0.2, 0.25) is 0 Å². The average molecular weight is 279 g/mol. The maximum Gasteiger partial charge on any atom is 0.109 e. The van der Waals surface area contributed by atoms with E-state index in [2.05, 4.69) is 23.4 Å². The predicted octanol–water partition coefficient (Wildman–Crippen LogP) is 4.82. The van der Waals surface area contributed by atoms with Gasteiger partial charge in [0.05, 0.1) is 6.17 Å². The zero-order chi connectivity index (χ0) is 14.6. The largest absolute Gasteiger partial charge is 0.319 e. The van der Waals surface area contributed by atoms with Crippen molar-refractivity contribution in [1.29, 1.82) is 0 Å². The van der Waals surface area contributed by atoms with Gasteiger partial charge in [-0.25, -0.2) is 4.98 Å². The lowest BCUT2D eigenvalue weighted by Crippen LogP contribution is -2.19. The molecule has 0 spiro atoms. The highest BCUT2D eigenvalue weighted by Crippen LogP contribution is 2.13. The van der Waals surface area contributed by atoms with Crippen molar-refractivity contribution < 1.29 is 0 Å². The molecule has 0 aliphatic rings. The van der Waals surface area contributed by atoms with Crippen LogP contribution < -0.4 is 5.73 Å². The monoisotopic (exact) mass is 279 g/mol. The third-order valence-electron chi connectivity index (χ3n) is 4.03. The number of nitrogens with two attached hydrogens (primary N) is 1. The Morgan fingerprint density at radius 1 is 1.00 bits per heavy atom. The molecule has 0 amide bonds. The molecule has 0 aliphatic heterocycles. The summed E-state index contributed by atoms with van der Waals surface area (Å²) >= 11 is 0. The summed E-state index contributed by atoms with van der Waals surface area (Å²) in [5.41, 5.74) is 6.07. The third-order valence-corrected chi connectivity index (χ3v) is 4.03. The molecule has 116 valence electrons. The minimum atomic E-state index is 0.0889. The molecule has 20 heavy (non-hydrogen) atoms. The summed E-state index contributed by atoms with van der Waals surface area (Å²) in [7, 11) is 0. The Bertz CT molecular complexity index is 333. The first-order chi connectivity index (χ1) is 9.79. The van der Waals surface area contributed by atoms with Gasteiger partial charge in [0, 0.05) is 18.8 Å². The zero-order valence-electron chi connectivity index (χ0n) is 13.5. The van der Waals surface area contributed by atoms with Crippen molar-refractivity contribution in [2.24, 2.45) is 5.73 Å². The van der Waals surface area contributed by atoms with Crippen LogP contribution in [0.15, 0.2) is 12.4 Å². The highest BCUT2D eigenvalue weighted by Gasteiger charge is 2.07. The topological polar surface area (TPSA) is 43.8 Å². The Balaban J connectivity index is 2.05. The minimum absolute atomic E-state index is 0.0889. The van der Waals surface area contributed by atoms with E-state index in [0.717, 1.165) is 18.7 Å². The molecule has 1 heterocycles. The average Bonchev–Trinajstić information content (AvgIpc) is 2.93. The second-order valence-corrected chi connectivity index (χ2v) is 5.80. The zero-order valence-corrected chi connectivity index (χ0v) is 13.5. The van der Waals surface area contributed by atoms with Crippen LogP contribution in [0.1, 0.15) is 90.0 Å². The molecule has 1 aromatic rings. The molecule has 0 radical (unpaired) electrons. The first-order valence-corrected chi connectivity index (χ1v) is 8.56. The van der Waals surface area contributed by atoms with Crippen LogP contribution in [0.4, 0.5) is 0 Å². The molecule has 0 fully saturated rings. The van der Waals surface area contributed by atoms with Gasteiger partial charge in [0.25, 0.3) is 0 Å². The molecule has 1 aromatic heterocycles. The number of imidazole rings is 1. The highest BCUT2D eigenvalue weighted by molar-refractivity contribution is 4.94. The van der Waals surface area contributed by atoms with E-state index in [4.69, 9.17) is 5.73 Å². The van der Waals surface area contributed by atoms with Crippen molar-refractivity contribution in [3.8, 4) is 0 Å². The van der Waals surface area contributed by atoms with Crippen LogP contribution in [-0.4, -0.2) is 9.55 Å². The van der Waals surface area contributed by atoms with E-state index in [9.17, 15) is 0 Å². The van der Waals surface area contributed by atoms with Gasteiger partial charge in [-0.2, -0.15) is 0 Å². The first-order valence-electron chi connectivity index (χ1n) is 8.56. The lowest BCUT2D eigenvalue weighted by molar-refractivity contribution is 0.478. The van der Waals surface area contributed by atoms with Crippen LogP contribution in [0.2, 0.25) is 0 Å². The summed E-state index contributed by atoms with van der Waals surface area (Å²) in [6.45, 7) is 4.39. The summed E-state index contributed by atoms with van der Waals surface area (Å²) in [4.78, 5) is 4.44. The van der Waals surface area contributed by atoms with Crippen molar-refractivity contribution in [2.75, 3.05) is 0 Å². The predicted molar refractivity (Wildman–Crippen MR) is 86.7 cm³/mol. The van der Waals surface area contributed by atoms with Gasteiger partial charge in [-0.05, 0) is 12.8 Å². The Kier molecular flexibility index (Phi) is 9.38. The molecule has 1 atom stereocenters. The molecular weight excluding hydrogens is 246 g/mol. The van der Waals surface area contributed by atoms with E-state index in [0.29, 0.717) is 0 Å². The highest BCUT2D eigenvalue weighted by atomic mass is 15.1. The maximum atomic E-state index is 6.07. The molecule has 2 N–H and O–H groups in total. The van der Waals surface area contributed by atoms with Crippen LogP contribution in [0, 0.1) is 0 Å². The third kappa shape index (κ3) is 6.56. The molecule has 0 saturated carbocycles. The summed E-state index contributed by atoms with van der Waals surface area (Å²) < 4.78 is 2.13. The summed E-state index contributed by atoms with van der Waals surface area (Å²) in [5.74, 6) is 1.15. The van der Waals surface area contributed by atoms with Crippen LogP contribution in [0.25, 0.3) is 0 Å². The van der Waals surface area contributed by atoms with Crippen LogP contribution in [0.3, 0.4) is 0 Å². The van der Waals surface area contributed by atoms with Crippen molar-refractivity contribution in [2.45, 2.75) is 90.6 Å². The first kappa shape index (κ1) is 17.2. The summed E-state index contributed by atoms with van der Waals surface area (Å²) in [6.07, 6.45) is 18.3. The number of aryl methyl sites for hydroxylation is 1. The van der Waals surface area contributed by atoms with Crippen LogP contribution in [-0.2, 0) is 6.42 Å². The summed E-state index contributed by atoms with van der Waals surface area (Å²) in [6, 6.07) is 0. The normalized spacial score (nSPS) is 12.8. The SMILES string of the molecule is CCCCCCCCCCCc1nccn1C(N)CC. The smallest absolute Gasteiger partial charge is 0.109 e. The number of aromatic nitrogens is 2. The molecule has 1 rings (SSSR count). The van der Waals surface area contributed by atoms with E-state index in [-0.39, 0.29) is 6.17 Å². The molecule has 3 heteroatoms. The maximum absolute atomic E-state index is 6.07. The Morgan fingerprint density at radius 2 is 1.60 bits per heavy atom. The number of hydrogen-bond acceptors (Lipinski definition) is 2. The lowest BCUT2D eigenvalue weighted by Gasteiger charge is -2.14. The molecule has 0 bridgehead atoms. The minimum Gasteiger partial charge on any atom is -0.319 e. The standard InChI is InChI=1S/C17H33N3/c1-3-5-6-7-8-9-10-11-12-13-17-19-14-15-20(17)16(18)4-2/h14-16H,3-13,18H2,1-2H3. The van der Waals surface area contributed by atoms with E-state index in [1.165, 1.54) is 57.8 Å². The van der Waals surface area contributed by atoms with Gasteiger partial charge in [-0.3, -0.25) is 0 Å². The number of unbranched alkanes of at least 4 members (excludes halogenated alkanes) is 8. The molecule has 3 nitrogen and oxygen atoms in total. The van der Waals surface area contributed by atoms with Gasteiger partial charge in [0.1, 0.15) is 5.82 Å². The Morgan fingerprint density at radius 3 is 2.20 bits per heavy atom. The van der Waals surface area contributed by atoms with E-state index in [1.807, 2.05) is 12.4 Å². The number of hydrogen-bond donors (Lipinski definition) is 1. The molecule has 0 aromatic carbocycles. The van der Waals surface area contributed by atoms with E-state index >= 15 is 0 Å². The van der Waals surface area contributed by atoms with E-state index in [1.54, 1.807) is 0 Å². The summed E-state index contributed by atoms with van der Waals surface area (Å²) in [5, 5.41) is 0. The van der Waals surface area contributed by atoms with Crippen LogP contribution in [0.5, 0.6) is 0 Å². The quantitative estimate of drug-likeness (QED) is 0.557. The second-order valence-electron chi connectivity index (χ2n) is 5.80. The van der Waals surface area contributed by atoms with Crippen LogP contribution >= 0.6 is 0 Å². The Labute approximate surface area is 125 Å². The van der Waals surface area contributed by atoms with Crippen molar-refractivity contribution in [3.63, 3.8) is 0 Å². The van der Waals surface area contributed by atoms with Crippen molar-refractivity contribution >= 4 is 0 Å². The van der Waals surface area contributed by atoms with Gasteiger partial charge in [-0.1, -0.05) is 65.2 Å². The fraction of sp³-hybridized carbons (Fsp3) is 0.824. The molecule has 1 unspecified atom stereocenters. The van der Waals surface area contributed by atoms with Crippen molar-refractivity contribution in [3.05, 3.63) is 18.2 Å². The van der Waals surface area contributed by atoms with Gasteiger partial charge >= 0.3 is 0 Å². The van der Waals surface area contributed by atoms with Gasteiger partial charge in [-0.15, -0.1) is 0 Å². The molecule has 0 saturated heterocycles. The molecule has 0 aliphatic carbocycles. The molecular formula is C17H33N3. The van der Waals surface area contributed by atoms with Gasteiger partial charge in [0.15, 0.2) is 0 Å². The second kappa shape index (κ2) is 10.9. The Hall–Kier alpha value is -0.830.